The molecule has 3 rings (SSSR count). The lowest BCUT2D eigenvalue weighted by Crippen LogP contribution is -2.21. The van der Waals surface area contributed by atoms with Crippen molar-refractivity contribution in [1.82, 2.24) is 14.3 Å². The summed E-state index contributed by atoms with van der Waals surface area (Å²) in [5.74, 6) is 0. The maximum atomic E-state index is 12.0. The molecule has 20 heavy (non-hydrogen) atoms. The second-order valence-electron chi connectivity index (χ2n) is 5.16. The highest BCUT2D eigenvalue weighted by Crippen LogP contribution is 2.28. The van der Waals surface area contributed by atoms with Crippen LogP contribution in [0, 0.1) is 0 Å². The summed E-state index contributed by atoms with van der Waals surface area (Å²) in [6.45, 7) is 0.497. The van der Waals surface area contributed by atoms with Crippen LogP contribution in [0.3, 0.4) is 0 Å². The van der Waals surface area contributed by atoms with Crippen molar-refractivity contribution in [3.05, 3.63) is 49.5 Å². The molecule has 0 aliphatic heterocycles. The van der Waals surface area contributed by atoms with E-state index in [4.69, 9.17) is 0 Å². The van der Waals surface area contributed by atoms with E-state index >= 15 is 0 Å². The van der Waals surface area contributed by atoms with Gasteiger partial charge in [0.2, 0.25) is 0 Å². The van der Waals surface area contributed by atoms with Gasteiger partial charge in [-0.25, -0.2) is 0 Å². The molecule has 2 heterocycles. The molecule has 106 valence electrons. The minimum absolute atomic E-state index is 0.0383. The third-order valence-electron chi connectivity index (χ3n) is 3.70. The summed E-state index contributed by atoms with van der Waals surface area (Å²) in [4.78, 5) is 12.0. The Balaban J connectivity index is 1.83. The maximum Gasteiger partial charge on any atom is 0.265 e. The van der Waals surface area contributed by atoms with Crippen molar-refractivity contribution in [1.29, 1.82) is 0 Å². The monoisotopic (exact) mass is 399 g/mol. The predicted octanol–water partition coefficient (Wildman–Crippen LogP) is 3.73. The van der Waals surface area contributed by atoms with Crippen LogP contribution in [0.4, 0.5) is 0 Å². The quantitative estimate of drug-likeness (QED) is 0.787. The second kappa shape index (κ2) is 5.85. The SMILES string of the molecule is O=c1c(Br)cc(Br)cn1Cc1ccn(C2CCCC2)n1. The van der Waals surface area contributed by atoms with E-state index in [2.05, 4.69) is 41.6 Å². The Morgan fingerprint density at radius 2 is 2.05 bits per heavy atom. The number of aromatic nitrogens is 3. The van der Waals surface area contributed by atoms with E-state index < -0.39 is 0 Å². The molecular weight excluding hydrogens is 386 g/mol. The molecule has 0 saturated heterocycles. The van der Waals surface area contributed by atoms with Crippen LogP contribution in [-0.2, 0) is 6.54 Å². The Kier molecular flexibility index (Phi) is 4.12. The first-order valence-corrected chi connectivity index (χ1v) is 8.31. The predicted molar refractivity (Wildman–Crippen MR) is 84.9 cm³/mol. The van der Waals surface area contributed by atoms with Crippen LogP contribution in [0.1, 0.15) is 37.4 Å². The molecule has 1 aliphatic rings. The van der Waals surface area contributed by atoms with Crippen LogP contribution < -0.4 is 5.56 Å². The zero-order chi connectivity index (χ0) is 14.1. The molecule has 0 radical (unpaired) electrons. The summed E-state index contributed by atoms with van der Waals surface area (Å²) in [5, 5.41) is 4.61. The van der Waals surface area contributed by atoms with E-state index in [1.165, 1.54) is 25.7 Å². The topological polar surface area (TPSA) is 39.8 Å². The van der Waals surface area contributed by atoms with Gasteiger partial charge in [0.15, 0.2) is 0 Å². The summed E-state index contributed by atoms with van der Waals surface area (Å²) in [7, 11) is 0. The molecule has 0 atom stereocenters. The number of halogens is 2. The van der Waals surface area contributed by atoms with Crippen molar-refractivity contribution in [3.63, 3.8) is 0 Å². The second-order valence-corrected chi connectivity index (χ2v) is 6.93. The molecule has 4 nitrogen and oxygen atoms in total. The van der Waals surface area contributed by atoms with E-state index in [1.807, 2.05) is 12.3 Å². The molecule has 0 amide bonds. The third-order valence-corrected chi connectivity index (χ3v) is 4.71. The lowest BCUT2D eigenvalue weighted by molar-refractivity contribution is 0.461. The minimum atomic E-state index is -0.0383. The van der Waals surface area contributed by atoms with Gasteiger partial charge in [0.25, 0.3) is 5.56 Å². The van der Waals surface area contributed by atoms with Crippen molar-refractivity contribution < 1.29 is 0 Å². The number of pyridine rings is 1. The Bertz CT molecular complexity index is 671. The van der Waals surface area contributed by atoms with Gasteiger partial charge in [0, 0.05) is 16.9 Å². The summed E-state index contributed by atoms with van der Waals surface area (Å²) < 4.78 is 5.15. The van der Waals surface area contributed by atoms with Crippen LogP contribution in [0.5, 0.6) is 0 Å². The number of hydrogen-bond acceptors (Lipinski definition) is 2. The van der Waals surface area contributed by atoms with Gasteiger partial charge in [-0.15, -0.1) is 0 Å². The van der Waals surface area contributed by atoms with E-state index in [0.29, 0.717) is 17.1 Å². The molecule has 1 saturated carbocycles. The van der Waals surface area contributed by atoms with Gasteiger partial charge < -0.3 is 4.57 Å². The van der Waals surface area contributed by atoms with Crippen molar-refractivity contribution >= 4 is 31.9 Å². The first-order chi connectivity index (χ1) is 9.63. The molecule has 0 N–H and O–H groups in total. The van der Waals surface area contributed by atoms with Crippen LogP contribution >= 0.6 is 31.9 Å². The van der Waals surface area contributed by atoms with Gasteiger partial charge in [-0.05, 0) is 56.8 Å². The average molecular weight is 401 g/mol. The average Bonchev–Trinajstić information content (AvgIpc) is 3.05. The van der Waals surface area contributed by atoms with Crippen molar-refractivity contribution in [3.8, 4) is 0 Å². The van der Waals surface area contributed by atoms with E-state index in [1.54, 1.807) is 16.8 Å². The summed E-state index contributed by atoms with van der Waals surface area (Å²) in [6, 6.07) is 4.30. The number of hydrogen-bond donors (Lipinski definition) is 0. The summed E-state index contributed by atoms with van der Waals surface area (Å²) in [5.41, 5.74) is 0.882. The molecule has 0 bridgehead atoms. The fraction of sp³-hybridized carbons (Fsp3) is 0.429. The van der Waals surface area contributed by atoms with Crippen LogP contribution in [0.25, 0.3) is 0 Å². The molecular formula is C14H15Br2N3O. The fourth-order valence-electron chi connectivity index (χ4n) is 2.69. The smallest absolute Gasteiger partial charge is 0.265 e. The molecule has 6 heteroatoms. The molecule has 2 aromatic rings. The van der Waals surface area contributed by atoms with Gasteiger partial charge in [-0.3, -0.25) is 9.48 Å². The highest BCUT2D eigenvalue weighted by molar-refractivity contribution is 9.11. The number of nitrogens with zero attached hydrogens (tertiary/aromatic N) is 3. The van der Waals surface area contributed by atoms with Crippen molar-refractivity contribution in [2.45, 2.75) is 38.3 Å². The molecule has 1 fully saturated rings. The fourth-order valence-corrected chi connectivity index (χ4v) is 3.95. The largest absolute Gasteiger partial charge is 0.307 e. The van der Waals surface area contributed by atoms with Gasteiger partial charge in [-0.2, -0.15) is 5.10 Å². The highest BCUT2D eigenvalue weighted by Gasteiger charge is 2.17. The number of rotatable bonds is 3. The normalized spacial score (nSPS) is 15.9. The van der Waals surface area contributed by atoms with Gasteiger partial charge in [0.05, 0.1) is 22.8 Å². The zero-order valence-corrected chi connectivity index (χ0v) is 14.1. The first kappa shape index (κ1) is 14.1. The lowest BCUT2D eigenvalue weighted by atomic mass is 10.3. The van der Waals surface area contributed by atoms with Crippen LogP contribution in [-0.4, -0.2) is 14.3 Å². The van der Waals surface area contributed by atoms with Crippen molar-refractivity contribution in [2.75, 3.05) is 0 Å². The summed E-state index contributed by atoms with van der Waals surface area (Å²) in [6.07, 6.45) is 8.83. The highest BCUT2D eigenvalue weighted by atomic mass is 79.9. The van der Waals surface area contributed by atoms with Gasteiger partial charge >= 0.3 is 0 Å². The molecule has 0 spiro atoms. The Hall–Kier alpha value is -0.880. The summed E-state index contributed by atoms with van der Waals surface area (Å²) >= 11 is 6.68. The van der Waals surface area contributed by atoms with E-state index in [9.17, 15) is 4.79 Å². The third kappa shape index (κ3) is 2.91. The lowest BCUT2D eigenvalue weighted by Gasteiger charge is -2.09. The van der Waals surface area contributed by atoms with Gasteiger partial charge in [-0.1, -0.05) is 12.8 Å². The molecule has 0 unspecified atom stereocenters. The Morgan fingerprint density at radius 1 is 1.30 bits per heavy atom. The minimum Gasteiger partial charge on any atom is -0.307 e. The molecule has 1 aliphatic carbocycles. The van der Waals surface area contributed by atoms with Crippen LogP contribution in [0.15, 0.2) is 38.3 Å². The van der Waals surface area contributed by atoms with E-state index in [0.717, 1.165) is 10.2 Å². The Morgan fingerprint density at radius 3 is 2.80 bits per heavy atom. The maximum absolute atomic E-state index is 12.0. The van der Waals surface area contributed by atoms with Crippen molar-refractivity contribution in [2.24, 2.45) is 0 Å². The Labute approximate surface area is 134 Å². The zero-order valence-electron chi connectivity index (χ0n) is 10.9. The standard InChI is InChI=1S/C14H15Br2N3O/c15-10-7-13(16)14(20)18(8-10)9-11-5-6-19(17-11)12-3-1-2-4-12/h5-8,12H,1-4,9H2. The van der Waals surface area contributed by atoms with Gasteiger partial charge in [0.1, 0.15) is 0 Å². The first-order valence-electron chi connectivity index (χ1n) is 6.73. The molecule has 0 aromatic carbocycles. The van der Waals surface area contributed by atoms with E-state index in [-0.39, 0.29) is 5.56 Å². The van der Waals surface area contributed by atoms with Crippen LogP contribution in [0.2, 0.25) is 0 Å². The molecule has 2 aromatic heterocycles.